The molecule has 31 heavy (non-hydrogen) atoms. The molecule has 1 saturated heterocycles. The van der Waals surface area contributed by atoms with Crippen LogP contribution in [0.15, 0.2) is 18.2 Å². The first-order chi connectivity index (χ1) is 15.0. The van der Waals surface area contributed by atoms with Gasteiger partial charge in [-0.05, 0) is 69.5 Å². The highest BCUT2D eigenvalue weighted by Crippen LogP contribution is 2.33. The molecule has 172 valence electrons. The number of carbonyl (C=O) groups is 1. The molecule has 0 atom stereocenters. The van der Waals surface area contributed by atoms with Crippen LogP contribution in [0.25, 0.3) is 0 Å². The van der Waals surface area contributed by atoms with Crippen LogP contribution in [0.4, 0.5) is 14.9 Å². The molecule has 1 heterocycles. The van der Waals surface area contributed by atoms with E-state index in [9.17, 15) is 9.18 Å². The van der Waals surface area contributed by atoms with Crippen LogP contribution < -0.4 is 15.5 Å². The first-order valence-corrected chi connectivity index (χ1v) is 12.4. The molecule has 8 heteroatoms. The van der Waals surface area contributed by atoms with Crippen molar-refractivity contribution in [3.63, 3.8) is 0 Å². The highest BCUT2D eigenvalue weighted by Gasteiger charge is 2.31. The molecule has 3 aliphatic rings. The van der Waals surface area contributed by atoms with Crippen LogP contribution in [0.1, 0.15) is 44.9 Å². The van der Waals surface area contributed by atoms with E-state index in [1.807, 2.05) is 18.2 Å². The quantitative estimate of drug-likeness (QED) is 0.623. The van der Waals surface area contributed by atoms with Gasteiger partial charge in [0, 0.05) is 38.3 Å². The zero-order valence-electron chi connectivity index (χ0n) is 18.0. The molecule has 1 aromatic carbocycles. The molecule has 5 nitrogen and oxygen atoms in total. The molecule has 1 aromatic rings. The Morgan fingerprint density at radius 2 is 1.68 bits per heavy atom. The Morgan fingerprint density at radius 1 is 1.00 bits per heavy atom. The molecule has 2 N–H and O–H groups in total. The molecule has 3 fully saturated rings. The van der Waals surface area contributed by atoms with Crippen molar-refractivity contribution in [2.75, 3.05) is 37.6 Å². The van der Waals surface area contributed by atoms with Gasteiger partial charge in [-0.2, -0.15) is 0 Å². The highest BCUT2D eigenvalue weighted by atomic mass is 35.5. The third-order valence-corrected chi connectivity index (χ3v) is 7.90. The second-order valence-corrected chi connectivity index (χ2v) is 10.1. The summed E-state index contributed by atoms with van der Waals surface area (Å²) >= 11 is 12.5. The van der Waals surface area contributed by atoms with Crippen LogP contribution in [0.3, 0.4) is 0 Å². The summed E-state index contributed by atoms with van der Waals surface area (Å²) in [5.41, 5.74) is 1.03. The zero-order chi connectivity index (χ0) is 21.8. The molecule has 2 saturated carbocycles. The van der Waals surface area contributed by atoms with Crippen molar-refractivity contribution in [3.05, 3.63) is 28.2 Å². The van der Waals surface area contributed by atoms with Gasteiger partial charge in [0.05, 0.1) is 15.7 Å². The van der Waals surface area contributed by atoms with Crippen LogP contribution in [0.5, 0.6) is 0 Å². The van der Waals surface area contributed by atoms with E-state index in [0.717, 1.165) is 57.2 Å². The normalized spacial score (nSPS) is 29.3. The van der Waals surface area contributed by atoms with E-state index >= 15 is 0 Å². The first-order valence-electron chi connectivity index (χ1n) is 11.6. The summed E-state index contributed by atoms with van der Waals surface area (Å²) in [5.74, 6) is 0.737. The third-order valence-electron chi connectivity index (χ3n) is 7.10. The summed E-state index contributed by atoms with van der Waals surface area (Å²) in [6.45, 7) is 5.15. The van der Waals surface area contributed by atoms with Crippen molar-refractivity contribution < 1.29 is 9.18 Å². The van der Waals surface area contributed by atoms with Gasteiger partial charge in [0.1, 0.15) is 6.17 Å². The number of alkyl halides is 1. The van der Waals surface area contributed by atoms with Crippen molar-refractivity contribution in [3.8, 4) is 0 Å². The lowest BCUT2D eigenvalue weighted by Crippen LogP contribution is -2.51. The van der Waals surface area contributed by atoms with E-state index in [2.05, 4.69) is 20.4 Å². The summed E-state index contributed by atoms with van der Waals surface area (Å²) in [6, 6.07) is 5.97. The summed E-state index contributed by atoms with van der Waals surface area (Å²) < 4.78 is 12.9. The molecule has 1 aliphatic heterocycles. The summed E-state index contributed by atoms with van der Waals surface area (Å²) in [6.07, 6.45) is 5.81. The topological polar surface area (TPSA) is 47.6 Å². The molecule has 0 bridgehead atoms. The fraction of sp³-hybridized carbons (Fsp3) is 0.696. The molecule has 0 spiro atoms. The van der Waals surface area contributed by atoms with E-state index in [1.165, 1.54) is 19.3 Å². The maximum atomic E-state index is 12.9. The lowest BCUT2D eigenvalue weighted by Gasteiger charge is -2.37. The fourth-order valence-corrected chi connectivity index (χ4v) is 5.40. The van der Waals surface area contributed by atoms with E-state index in [-0.39, 0.29) is 18.1 Å². The number of hydrogen-bond donors (Lipinski definition) is 2. The lowest BCUT2D eigenvalue weighted by atomic mass is 9.84. The van der Waals surface area contributed by atoms with Gasteiger partial charge < -0.3 is 15.5 Å². The van der Waals surface area contributed by atoms with Crippen LogP contribution in [0, 0.1) is 5.92 Å². The monoisotopic (exact) mass is 470 g/mol. The van der Waals surface area contributed by atoms with Gasteiger partial charge in [0.15, 0.2) is 0 Å². The fourth-order valence-electron chi connectivity index (χ4n) is 4.99. The van der Waals surface area contributed by atoms with Crippen molar-refractivity contribution in [1.82, 2.24) is 15.5 Å². The van der Waals surface area contributed by atoms with Gasteiger partial charge in [0.25, 0.3) is 0 Å². The number of halogens is 3. The Hall–Kier alpha value is -1.24. The second-order valence-electron chi connectivity index (χ2n) is 9.29. The second kappa shape index (κ2) is 10.6. The summed E-state index contributed by atoms with van der Waals surface area (Å²) in [7, 11) is 0. The van der Waals surface area contributed by atoms with Gasteiger partial charge in [-0.3, -0.25) is 4.90 Å². The number of nitrogens with zero attached hydrogens (tertiary/aromatic N) is 2. The molecular weight excluding hydrogens is 438 g/mol. The number of piperazine rings is 1. The van der Waals surface area contributed by atoms with Crippen molar-refractivity contribution >= 4 is 34.9 Å². The predicted molar refractivity (Wildman–Crippen MR) is 125 cm³/mol. The standard InChI is InChI=1S/C23H33Cl2FN4O/c24-20-2-1-3-21(22(20)25)30-12-10-29(11-13-30)9-8-16-4-6-18(7-5-16)27-23(31)28-19-14-17(26)15-19/h1-3,16-19H,4-15H2,(H2,27,28,31)/t16-,17?,18-,19?. The average Bonchev–Trinajstić information content (AvgIpc) is 2.74. The van der Waals surface area contributed by atoms with E-state index in [4.69, 9.17) is 23.2 Å². The number of nitrogens with one attached hydrogen (secondary N) is 2. The maximum Gasteiger partial charge on any atom is 0.315 e. The molecule has 0 unspecified atom stereocenters. The summed E-state index contributed by atoms with van der Waals surface area (Å²) in [5, 5.41) is 7.22. The van der Waals surface area contributed by atoms with Crippen LogP contribution >= 0.6 is 23.2 Å². The van der Waals surface area contributed by atoms with Gasteiger partial charge in [0.2, 0.25) is 0 Å². The molecule has 2 aliphatic carbocycles. The number of anilines is 1. The molecule has 2 amide bonds. The summed E-state index contributed by atoms with van der Waals surface area (Å²) in [4.78, 5) is 16.9. The third kappa shape index (κ3) is 6.17. The smallest absolute Gasteiger partial charge is 0.315 e. The Morgan fingerprint density at radius 3 is 2.35 bits per heavy atom. The van der Waals surface area contributed by atoms with Crippen LogP contribution in [-0.2, 0) is 0 Å². The Balaban J connectivity index is 1.11. The minimum atomic E-state index is -0.738. The molecular formula is C23H33Cl2FN4O. The van der Waals surface area contributed by atoms with E-state index < -0.39 is 6.17 Å². The number of hydrogen-bond acceptors (Lipinski definition) is 3. The minimum absolute atomic E-state index is 0.0155. The number of carbonyl (C=O) groups excluding carboxylic acids is 1. The SMILES string of the molecule is O=C(NC1CC(F)C1)N[C@H]1CC[C@H](CCN2CCN(c3cccc(Cl)c3Cl)CC2)CC1. The first kappa shape index (κ1) is 22.9. The molecule has 0 radical (unpaired) electrons. The maximum absolute atomic E-state index is 12.9. The van der Waals surface area contributed by atoms with Crippen molar-refractivity contribution in [1.29, 1.82) is 0 Å². The van der Waals surface area contributed by atoms with Gasteiger partial charge in [-0.1, -0.05) is 29.3 Å². The largest absolute Gasteiger partial charge is 0.368 e. The van der Waals surface area contributed by atoms with Gasteiger partial charge in [-0.25, -0.2) is 9.18 Å². The Kier molecular flexibility index (Phi) is 7.83. The Labute approximate surface area is 194 Å². The van der Waals surface area contributed by atoms with Crippen molar-refractivity contribution in [2.24, 2.45) is 5.92 Å². The minimum Gasteiger partial charge on any atom is -0.368 e. The van der Waals surface area contributed by atoms with Crippen LogP contribution in [0.2, 0.25) is 10.0 Å². The number of benzene rings is 1. The van der Waals surface area contributed by atoms with Gasteiger partial charge in [-0.15, -0.1) is 0 Å². The average molecular weight is 471 g/mol. The lowest BCUT2D eigenvalue weighted by molar-refractivity contribution is 0.154. The van der Waals surface area contributed by atoms with E-state index in [1.54, 1.807) is 0 Å². The molecule has 0 aromatic heterocycles. The molecule has 4 rings (SSSR count). The van der Waals surface area contributed by atoms with E-state index in [0.29, 0.717) is 22.9 Å². The predicted octanol–water partition coefficient (Wildman–Crippen LogP) is 4.86. The van der Waals surface area contributed by atoms with Crippen molar-refractivity contribution in [2.45, 2.75) is 63.2 Å². The van der Waals surface area contributed by atoms with Gasteiger partial charge >= 0.3 is 6.03 Å². The number of amides is 2. The zero-order valence-corrected chi connectivity index (χ0v) is 19.5. The number of rotatable bonds is 6. The van der Waals surface area contributed by atoms with Crippen LogP contribution in [-0.4, -0.2) is 61.9 Å². The number of urea groups is 1. The Bertz CT molecular complexity index is 745. The highest BCUT2D eigenvalue weighted by molar-refractivity contribution is 6.43.